The molecule has 0 aliphatic heterocycles. The number of unbranched alkanes of at least 4 members (excludes halogenated alkanes) is 18. The maximum absolute atomic E-state index is 12.3. The molecule has 0 rings (SSSR count). The molecule has 0 aromatic carbocycles. The van der Waals surface area contributed by atoms with Crippen molar-refractivity contribution in [1.82, 2.24) is 5.32 Å². The Morgan fingerprint density at radius 3 is 1.54 bits per heavy atom. The lowest BCUT2D eigenvalue weighted by atomic mass is 10.0. The number of allylic oxidation sites excluding steroid dienone is 5. The summed E-state index contributed by atoms with van der Waals surface area (Å²) in [6.45, 7) is 4.09. The Balaban J connectivity index is 3.76. The van der Waals surface area contributed by atoms with Crippen LogP contribution in [0.3, 0.4) is 0 Å². The van der Waals surface area contributed by atoms with Crippen LogP contribution in [0.2, 0.25) is 0 Å². The van der Waals surface area contributed by atoms with E-state index in [9.17, 15) is 20.1 Å². The van der Waals surface area contributed by atoms with Gasteiger partial charge in [0.25, 0.3) is 0 Å². The second-order valence-electron chi connectivity index (χ2n) is 11.7. The second-order valence-corrected chi connectivity index (χ2v) is 11.7. The minimum absolute atomic E-state index is 0.379. The highest BCUT2D eigenvalue weighted by atomic mass is 16.3. The standard InChI is InChI=1S/C36H67NO4/c1-3-5-7-9-11-13-14-15-16-17-18-19-20-21-23-25-27-29-31-35(40)36(41)37-33(32-38)34(39)30-28-26-24-22-12-10-8-6-4-2/h12,17-18,22,28,30,33-35,38-40H,3-11,13-16,19-21,23-27,29,31-32H2,1-2H3,(H,37,41)/b18-17-,22-12+,30-28+. The van der Waals surface area contributed by atoms with E-state index in [2.05, 4.69) is 43.5 Å². The first kappa shape index (κ1) is 39.6. The average Bonchev–Trinajstić information content (AvgIpc) is 2.98. The van der Waals surface area contributed by atoms with Crippen molar-refractivity contribution in [3.05, 3.63) is 36.5 Å². The highest BCUT2D eigenvalue weighted by molar-refractivity contribution is 5.80. The van der Waals surface area contributed by atoms with E-state index in [1.807, 2.05) is 6.08 Å². The molecule has 0 aromatic rings. The molecular weight excluding hydrogens is 510 g/mol. The van der Waals surface area contributed by atoms with Gasteiger partial charge in [-0.25, -0.2) is 0 Å². The van der Waals surface area contributed by atoms with Crippen LogP contribution in [0.25, 0.3) is 0 Å². The smallest absolute Gasteiger partial charge is 0.249 e. The first-order chi connectivity index (χ1) is 20.1. The maximum atomic E-state index is 12.3. The van der Waals surface area contributed by atoms with Crippen molar-refractivity contribution in [2.45, 2.75) is 180 Å². The van der Waals surface area contributed by atoms with E-state index in [0.29, 0.717) is 6.42 Å². The van der Waals surface area contributed by atoms with E-state index in [1.54, 1.807) is 6.08 Å². The molecule has 4 N–H and O–H groups in total. The van der Waals surface area contributed by atoms with Gasteiger partial charge in [0.1, 0.15) is 6.10 Å². The molecule has 0 spiro atoms. The zero-order valence-electron chi connectivity index (χ0n) is 26.9. The number of rotatable bonds is 30. The first-order valence-electron chi connectivity index (χ1n) is 17.3. The van der Waals surface area contributed by atoms with Crippen LogP contribution in [0.5, 0.6) is 0 Å². The Morgan fingerprint density at radius 2 is 1.00 bits per heavy atom. The van der Waals surface area contributed by atoms with Gasteiger partial charge >= 0.3 is 0 Å². The molecule has 5 nitrogen and oxygen atoms in total. The number of hydrogen-bond donors (Lipinski definition) is 4. The molecule has 0 radical (unpaired) electrons. The number of carbonyl (C=O) groups excluding carboxylic acids is 1. The zero-order valence-corrected chi connectivity index (χ0v) is 26.9. The highest BCUT2D eigenvalue weighted by Crippen LogP contribution is 2.12. The number of amides is 1. The molecule has 1 amide bonds. The summed E-state index contributed by atoms with van der Waals surface area (Å²) in [6.07, 6.45) is 37.4. The van der Waals surface area contributed by atoms with E-state index >= 15 is 0 Å². The first-order valence-corrected chi connectivity index (χ1v) is 17.3. The molecule has 0 heterocycles. The van der Waals surface area contributed by atoms with Gasteiger partial charge in [0.05, 0.1) is 18.8 Å². The normalized spacial score (nSPS) is 14.4. The lowest BCUT2D eigenvalue weighted by Gasteiger charge is -2.21. The molecule has 5 heteroatoms. The molecule has 0 bridgehead atoms. The van der Waals surface area contributed by atoms with Crippen LogP contribution < -0.4 is 5.32 Å². The van der Waals surface area contributed by atoms with Gasteiger partial charge in [-0.05, 0) is 57.8 Å². The van der Waals surface area contributed by atoms with Gasteiger partial charge in [0.15, 0.2) is 0 Å². The fraction of sp³-hybridized carbons (Fsp3) is 0.806. The van der Waals surface area contributed by atoms with Crippen LogP contribution in [0.4, 0.5) is 0 Å². The number of hydrogen-bond acceptors (Lipinski definition) is 4. The third-order valence-corrected chi connectivity index (χ3v) is 7.70. The summed E-state index contributed by atoms with van der Waals surface area (Å²) in [5.41, 5.74) is 0. The second kappa shape index (κ2) is 31.5. The molecule has 0 aliphatic rings. The summed E-state index contributed by atoms with van der Waals surface area (Å²) in [5.74, 6) is -0.523. The van der Waals surface area contributed by atoms with Crippen molar-refractivity contribution >= 4 is 5.91 Å². The Bertz CT molecular complexity index is 645. The predicted octanol–water partition coefficient (Wildman–Crippen LogP) is 8.87. The van der Waals surface area contributed by atoms with Crippen LogP contribution in [-0.2, 0) is 4.79 Å². The fourth-order valence-corrected chi connectivity index (χ4v) is 4.90. The molecule has 41 heavy (non-hydrogen) atoms. The van der Waals surface area contributed by atoms with Crippen LogP contribution >= 0.6 is 0 Å². The van der Waals surface area contributed by atoms with E-state index in [1.165, 1.54) is 103 Å². The largest absolute Gasteiger partial charge is 0.394 e. The summed E-state index contributed by atoms with van der Waals surface area (Å²) >= 11 is 0. The Kier molecular flexibility index (Phi) is 30.4. The molecule has 3 atom stereocenters. The van der Waals surface area contributed by atoms with Crippen molar-refractivity contribution in [3.8, 4) is 0 Å². The van der Waals surface area contributed by atoms with Crippen LogP contribution in [0.1, 0.15) is 162 Å². The average molecular weight is 578 g/mol. The van der Waals surface area contributed by atoms with E-state index < -0.39 is 24.2 Å². The van der Waals surface area contributed by atoms with Gasteiger partial charge in [-0.2, -0.15) is 0 Å². The summed E-state index contributed by atoms with van der Waals surface area (Å²) in [4.78, 5) is 12.3. The number of aliphatic hydroxyl groups is 3. The van der Waals surface area contributed by atoms with E-state index in [0.717, 1.165) is 38.5 Å². The maximum Gasteiger partial charge on any atom is 0.249 e. The van der Waals surface area contributed by atoms with E-state index in [-0.39, 0.29) is 6.61 Å². The topological polar surface area (TPSA) is 89.8 Å². The number of carbonyl (C=O) groups is 1. The molecule has 0 aromatic heterocycles. The van der Waals surface area contributed by atoms with Crippen molar-refractivity contribution < 1.29 is 20.1 Å². The molecule has 240 valence electrons. The fourth-order valence-electron chi connectivity index (χ4n) is 4.90. The molecule has 0 saturated heterocycles. The van der Waals surface area contributed by atoms with Gasteiger partial charge in [-0.3, -0.25) is 4.79 Å². The lowest BCUT2D eigenvalue weighted by molar-refractivity contribution is -0.131. The molecule has 3 unspecified atom stereocenters. The number of aliphatic hydroxyl groups excluding tert-OH is 3. The highest BCUT2D eigenvalue weighted by Gasteiger charge is 2.22. The SMILES string of the molecule is CCCCC/C=C/CC/C=C/C(O)C(CO)NC(=O)C(O)CCCCCCCC/C=C\CCCCCCCCCC. The van der Waals surface area contributed by atoms with E-state index in [4.69, 9.17) is 0 Å². The van der Waals surface area contributed by atoms with Crippen LogP contribution in [0, 0.1) is 0 Å². The summed E-state index contributed by atoms with van der Waals surface area (Å²) in [6, 6.07) is -0.813. The Labute approximate surface area is 254 Å². The summed E-state index contributed by atoms with van der Waals surface area (Å²) < 4.78 is 0. The lowest BCUT2D eigenvalue weighted by Crippen LogP contribution is -2.48. The minimum atomic E-state index is -1.11. The van der Waals surface area contributed by atoms with Crippen molar-refractivity contribution in [2.75, 3.05) is 6.61 Å². The van der Waals surface area contributed by atoms with Crippen molar-refractivity contribution in [1.29, 1.82) is 0 Å². The van der Waals surface area contributed by atoms with Gasteiger partial charge in [0, 0.05) is 0 Å². The van der Waals surface area contributed by atoms with Gasteiger partial charge in [-0.1, -0.05) is 140 Å². The molecule has 0 fully saturated rings. The van der Waals surface area contributed by atoms with Crippen LogP contribution in [0.15, 0.2) is 36.5 Å². The van der Waals surface area contributed by atoms with Gasteiger partial charge < -0.3 is 20.6 Å². The van der Waals surface area contributed by atoms with Crippen LogP contribution in [-0.4, -0.2) is 46.1 Å². The summed E-state index contributed by atoms with van der Waals surface area (Å²) in [5, 5.41) is 32.7. The Hall–Kier alpha value is -1.43. The predicted molar refractivity (Wildman–Crippen MR) is 176 cm³/mol. The molecule has 0 aliphatic carbocycles. The monoisotopic (exact) mass is 578 g/mol. The summed E-state index contributed by atoms with van der Waals surface area (Å²) in [7, 11) is 0. The zero-order chi connectivity index (χ0) is 30.2. The van der Waals surface area contributed by atoms with Crippen molar-refractivity contribution in [2.24, 2.45) is 0 Å². The number of nitrogens with one attached hydrogen (secondary N) is 1. The van der Waals surface area contributed by atoms with Gasteiger partial charge in [-0.15, -0.1) is 0 Å². The van der Waals surface area contributed by atoms with Crippen molar-refractivity contribution in [3.63, 3.8) is 0 Å². The molecular formula is C36H67NO4. The van der Waals surface area contributed by atoms with Gasteiger partial charge in [0.2, 0.25) is 5.91 Å². The quantitative estimate of drug-likeness (QED) is 0.0507. The molecule has 0 saturated carbocycles. The minimum Gasteiger partial charge on any atom is -0.394 e. The third kappa shape index (κ3) is 27.2. The third-order valence-electron chi connectivity index (χ3n) is 7.70. The Morgan fingerprint density at radius 1 is 0.585 bits per heavy atom.